The summed E-state index contributed by atoms with van der Waals surface area (Å²) in [4.78, 5) is 0. The van der Waals surface area contributed by atoms with Crippen LogP contribution in [-0.2, 0) is 155 Å². The van der Waals surface area contributed by atoms with E-state index in [1.54, 1.807) is 12.1 Å². The Bertz CT molecular complexity index is 5160. The summed E-state index contributed by atoms with van der Waals surface area (Å²) in [5.74, 6) is 0. The molecule has 672 valence electrons. The lowest BCUT2D eigenvalue weighted by molar-refractivity contribution is -0.427. The minimum Gasteiger partial charge on any atom is -0.390 e. The fourth-order valence-electron chi connectivity index (χ4n) is 17.4. The van der Waals surface area contributed by atoms with E-state index in [1.165, 1.54) is 0 Å². The molecule has 0 bridgehead atoms. The summed E-state index contributed by atoms with van der Waals surface area (Å²) in [5, 5.41) is 69.7. The standard InChI is InChI=1S/C108H114O21/c109-88(61-76-37-13-1-14-38-76)101-107(112,62-77-39-15-2-16-40-77)108(113,63-78-41-17-3-18-42-78)102(103(111)128-101)129-106-100(98(122-72-87-59-35-12-36-60-87)95(119-69-84-53-29-9-30-54-84)91(125-106)75-116-66-81-47-23-6-24-48-81)127-105-99(97(121-71-86-57-33-11-34-58-86)94(118-68-83-51-27-8-28-52-83)90(124-105)74-115-65-80-45-21-5-22-46-80)126-104-92(110)96(120-70-85-55-31-10-32-56-85)93(117-67-82-49-25-7-26-50-82)89(123-104)73-114-64-79-43-19-4-20-44-79/h1-60,88-106,109-113H,61-75H2/t88?,89-,90-,91-,92+,93-,94-,95-,96-,97+,98+,99+,100+,101-,102-,103+,104-,105-,106-,107-,108-/m1/s1. The van der Waals surface area contributed by atoms with Crippen LogP contribution in [0.3, 0.4) is 0 Å². The summed E-state index contributed by atoms with van der Waals surface area (Å²) in [6.45, 7) is 0.0163. The second-order valence-corrected chi connectivity index (χ2v) is 33.3. The molecule has 12 aromatic carbocycles. The number of hydrogen-bond donors (Lipinski definition) is 5. The first-order valence-electron chi connectivity index (χ1n) is 44.4. The second kappa shape index (κ2) is 46.6. The van der Waals surface area contributed by atoms with Gasteiger partial charge in [0.1, 0.15) is 96.7 Å². The highest BCUT2D eigenvalue weighted by atomic mass is 16.8. The Labute approximate surface area is 754 Å². The predicted molar refractivity (Wildman–Crippen MR) is 482 cm³/mol. The van der Waals surface area contributed by atoms with Crippen molar-refractivity contribution in [3.63, 3.8) is 0 Å². The van der Waals surface area contributed by atoms with Gasteiger partial charge in [0.25, 0.3) is 0 Å². The quantitative estimate of drug-likeness (QED) is 0.0238. The molecule has 5 N–H and O–H groups in total. The summed E-state index contributed by atoms with van der Waals surface area (Å²) in [7, 11) is 0. The maximum Gasteiger partial charge on any atom is 0.187 e. The van der Waals surface area contributed by atoms with Crippen LogP contribution < -0.4 is 0 Å². The lowest BCUT2D eigenvalue weighted by atomic mass is 9.65. The Kier molecular flexibility index (Phi) is 33.2. The van der Waals surface area contributed by atoms with Gasteiger partial charge >= 0.3 is 0 Å². The van der Waals surface area contributed by atoms with Gasteiger partial charge in [-0.2, -0.15) is 0 Å². The van der Waals surface area contributed by atoms with Gasteiger partial charge in [0.15, 0.2) is 25.2 Å². The van der Waals surface area contributed by atoms with Crippen molar-refractivity contribution < 1.29 is 101 Å². The van der Waals surface area contributed by atoms with Crippen LogP contribution in [0.2, 0.25) is 0 Å². The SMILES string of the molecule is OC(Cc1ccccc1)[C@H]1O[C@H](O)[C@@H](O[C@H]2O[C@H](COCc3ccccc3)[C@@H](OCc3ccccc3)[C@H](OCc3ccccc3)[C@@H]2O[C@H]2O[C@H](COCc3ccccc3)[C@@H](OCc3ccccc3)[C@H](OCc3ccccc3)[C@@H]2O[C@H]2O[C@H](COCc3ccccc3)[C@@H](OCc3ccccc3)[C@H](OCc3ccccc3)[C@@H]2O)[C@](O)(Cc2ccccc2)[C@@]1(O)Cc1ccccc1. The van der Waals surface area contributed by atoms with E-state index >= 15 is 0 Å². The van der Waals surface area contributed by atoms with Crippen LogP contribution in [0.4, 0.5) is 0 Å². The maximum absolute atomic E-state index is 14.9. The minimum atomic E-state index is -2.66. The van der Waals surface area contributed by atoms with Crippen LogP contribution >= 0.6 is 0 Å². The van der Waals surface area contributed by atoms with Crippen LogP contribution in [-0.4, -0.2) is 173 Å². The van der Waals surface area contributed by atoms with Crippen LogP contribution in [0, 0.1) is 0 Å². The van der Waals surface area contributed by atoms with Crippen molar-refractivity contribution in [3.05, 3.63) is 431 Å². The summed E-state index contributed by atoms with van der Waals surface area (Å²) < 4.78 is 117. The van der Waals surface area contributed by atoms with Crippen LogP contribution in [0.1, 0.15) is 66.8 Å². The highest BCUT2D eigenvalue weighted by Crippen LogP contribution is 2.48. The van der Waals surface area contributed by atoms with E-state index in [9.17, 15) is 25.5 Å². The summed E-state index contributed by atoms with van der Waals surface area (Å²) in [5.41, 5.74) is 4.00. The lowest BCUT2D eigenvalue weighted by Crippen LogP contribution is -2.78. The Hall–Kier alpha value is -10.2. The molecule has 4 fully saturated rings. The van der Waals surface area contributed by atoms with Crippen molar-refractivity contribution in [3.8, 4) is 0 Å². The average molecular weight is 1750 g/mol. The third-order valence-electron chi connectivity index (χ3n) is 24.1. The second-order valence-electron chi connectivity index (χ2n) is 33.3. The van der Waals surface area contributed by atoms with E-state index in [1.807, 2.05) is 352 Å². The molecular weight excluding hydrogens is 1630 g/mol. The maximum atomic E-state index is 14.9. The zero-order chi connectivity index (χ0) is 88.2. The summed E-state index contributed by atoms with van der Waals surface area (Å²) in [6, 6.07) is 115. The van der Waals surface area contributed by atoms with E-state index in [2.05, 4.69) is 0 Å². The molecule has 16 rings (SSSR count). The first-order chi connectivity index (χ1) is 63.4. The molecule has 0 radical (unpaired) electrons. The zero-order valence-corrected chi connectivity index (χ0v) is 72.0. The van der Waals surface area contributed by atoms with Crippen molar-refractivity contribution in [1.29, 1.82) is 0 Å². The molecule has 4 aliphatic heterocycles. The van der Waals surface area contributed by atoms with Gasteiger partial charge < -0.3 is 101 Å². The first-order valence-corrected chi connectivity index (χ1v) is 44.4. The molecule has 4 heterocycles. The zero-order valence-electron chi connectivity index (χ0n) is 72.0. The third-order valence-corrected chi connectivity index (χ3v) is 24.1. The molecule has 0 aromatic heterocycles. The minimum absolute atomic E-state index is 0.00224. The number of ether oxygens (including phenoxy) is 16. The van der Waals surface area contributed by atoms with Crippen LogP contribution in [0.15, 0.2) is 364 Å². The van der Waals surface area contributed by atoms with Crippen LogP contribution in [0.5, 0.6) is 0 Å². The normalized spacial score (nSPS) is 27.2. The summed E-state index contributed by atoms with van der Waals surface area (Å²) >= 11 is 0. The number of hydrogen-bond acceptors (Lipinski definition) is 21. The van der Waals surface area contributed by atoms with E-state index in [0.717, 1.165) is 50.1 Å². The Balaban J connectivity index is 0.879. The number of aliphatic hydroxyl groups excluding tert-OH is 3. The Morgan fingerprint density at radius 2 is 0.488 bits per heavy atom. The van der Waals surface area contributed by atoms with E-state index in [4.69, 9.17) is 75.8 Å². The van der Waals surface area contributed by atoms with Gasteiger partial charge in [0, 0.05) is 19.3 Å². The van der Waals surface area contributed by atoms with Gasteiger partial charge in [0.2, 0.25) is 0 Å². The first kappa shape index (κ1) is 92.1. The fraction of sp³-hybridized carbons (Fsp3) is 0.333. The van der Waals surface area contributed by atoms with E-state index < -0.39 is 134 Å². The molecule has 21 atom stereocenters. The molecule has 0 aliphatic carbocycles. The van der Waals surface area contributed by atoms with Crippen molar-refractivity contribution >= 4 is 0 Å². The molecule has 4 aliphatic rings. The van der Waals surface area contributed by atoms with Gasteiger partial charge in [-0.15, -0.1) is 0 Å². The van der Waals surface area contributed by atoms with Crippen LogP contribution in [0.25, 0.3) is 0 Å². The molecular formula is C108H114O21. The molecule has 0 amide bonds. The number of benzene rings is 12. The van der Waals surface area contributed by atoms with Gasteiger partial charge in [-0.3, -0.25) is 0 Å². The molecule has 0 saturated carbocycles. The van der Waals surface area contributed by atoms with Gasteiger partial charge in [-0.25, -0.2) is 0 Å². The van der Waals surface area contributed by atoms with Crippen molar-refractivity contribution in [2.45, 2.75) is 207 Å². The largest absolute Gasteiger partial charge is 0.390 e. The molecule has 1 unspecified atom stereocenters. The highest BCUT2D eigenvalue weighted by Gasteiger charge is 2.68. The Morgan fingerprint density at radius 3 is 0.806 bits per heavy atom. The third kappa shape index (κ3) is 24.7. The van der Waals surface area contributed by atoms with Gasteiger partial charge in [0.05, 0.1) is 85.4 Å². The van der Waals surface area contributed by atoms with Gasteiger partial charge in [-0.05, 0) is 66.8 Å². The molecule has 21 heteroatoms. The Morgan fingerprint density at radius 1 is 0.248 bits per heavy atom. The van der Waals surface area contributed by atoms with Crippen molar-refractivity contribution in [2.75, 3.05) is 19.8 Å². The van der Waals surface area contributed by atoms with E-state index in [0.29, 0.717) is 16.7 Å². The van der Waals surface area contributed by atoms with E-state index in [-0.39, 0.29) is 92.1 Å². The molecule has 4 saturated heterocycles. The topological polar surface area (TPSA) is 249 Å². The molecule has 0 spiro atoms. The number of rotatable bonds is 43. The predicted octanol–water partition coefficient (Wildman–Crippen LogP) is 15.1. The smallest absolute Gasteiger partial charge is 0.187 e. The van der Waals surface area contributed by atoms with Crippen molar-refractivity contribution in [1.82, 2.24) is 0 Å². The average Bonchev–Trinajstić information content (AvgIpc) is 0.710. The molecule has 12 aromatic rings. The fourth-order valence-corrected chi connectivity index (χ4v) is 17.4. The highest BCUT2D eigenvalue weighted by molar-refractivity contribution is 5.31. The monoisotopic (exact) mass is 1750 g/mol. The summed E-state index contributed by atoms with van der Waals surface area (Å²) in [6.07, 6.45) is -29.1. The molecule has 129 heavy (non-hydrogen) atoms. The van der Waals surface area contributed by atoms with Gasteiger partial charge in [-0.1, -0.05) is 364 Å². The van der Waals surface area contributed by atoms with Crippen molar-refractivity contribution in [2.24, 2.45) is 0 Å². The molecule has 21 nitrogen and oxygen atoms in total. The lowest BCUT2D eigenvalue weighted by Gasteiger charge is -2.58. The number of aliphatic hydroxyl groups is 5.